The monoisotopic (exact) mass is 562 g/mol. The molecule has 2 N–H and O–H groups in total. The van der Waals surface area contributed by atoms with Crippen molar-refractivity contribution in [2.45, 2.75) is 53.1 Å². The van der Waals surface area contributed by atoms with Crippen LogP contribution in [-0.2, 0) is 16.0 Å². The molecule has 0 heterocycles. The van der Waals surface area contributed by atoms with E-state index in [9.17, 15) is 14.7 Å². The average molecular weight is 563 g/mol. The molecule has 0 saturated heterocycles. The van der Waals surface area contributed by atoms with Gasteiger partial charge in [0.25, 0.3) is 0 Å². The minimum Gasteiger partial charge on any atom is -0.494 e. The summed E-state index contributed by atoms with van der Waals surface area (Å²) in [6.07, 6.45) is 0.996. The standard InChI is InChI=1S/C33H42N2O6/c1-5-39-31(32(36)37)23-27-13-15-29(16-14-27)41-20-18-35(17-9-10-19-40-28-11-7-6-8-12-28)33(38)34-30-22-25(3)24(2)21-26(30)4/h6-8,11-16,21-22,31H,5,9-10,17-20,23H2,1-4H3,(H,34,38)(H,36,37). The van der Waals surface area contributed by atoms with Crippen molar-refractivity contribution < 1.29 is 28.9 Å². The molecule has 0 aliphatic carbocycles. The third kappa shape index (κ3) is 10.5. The summed E-state index contributed by atoms with van der Waals surface area (Å²) < 4.78 is 17.0. The molecule has 0 aliphatic rings. The van der Waals surface area contributed by atoms with Gasteiger partial charge in [0, 0.05) is 25.3 Å². The summed E-state index contributed by atoms with van der Waals surface area (Å²) in [5.41, 5.74) is 4.98. The van der Waals surface area contributed by atoms with Crippen LogP contribution >= 0.6 is 0 Å². The Kier molecular flexibility index (Phi) is 12.5. The van der Waals surface area contributed by atoms with Gasteiger partial charge in [-0.05, 0) is 93.1 Å². The molecule has 0 fully saturated rings. The number of urea groups is 1. The molecule has 3 rings (SSSR count). The van der Waals surface area contributed by atoms with Crippen LogP contribution in [0.2, 0.25) is 0 Å². The van der Waals surface area contributed by atoms with Crippen molar-refractivity contribution in [2.24, 2.45) is 0 Å². The molecule has 1 unspecified atom stereocenters. The SMILES string of the molecule is CCOC(Cc1ccc(OCCN(CCCCOc2ccccc2)C(=O)Nc2cc(C)c(C)cc2C)cc1)C(=O)O. The number of para-hydroxylation sites is 1. The number of aliphatic carboxylic acids is 1. The van der Waals surface area contributed by atoms with Gasteiger partial charge in [-0.3, -0.25) is 0 Å². The summed E-state index contributed by atoms with van der Waals surface area (Å²) in [5.74, 6) is 0.509. The van der Waals surface area contributed by atoms with Crippen molar-refractivity contribution in [2.75, 3.05) is 38.2 Å². The Labute approximate surface area is 243 Å². The van der Waals surface area contributed by atoms with Gasteiger partial charge in [-0.1, -0.05) is 36.4 Å². The topological polar surface area (TPSA) is 97.3 Å². The number of amides is 2. The number of rotatable bonds is 16. The van der Waals surface area contributed by atoms with Crippen molar-refractivity contribution in [1.29, 1.82) is 0 Å². The Morgan fingerprint density at radius 3 is 2.17 bits per heavy atom. The first-order chi connectivity index (χ1) is 19.8. The van der Waals surface area contributed by atoms with Gasteiger partial charge in [-0.25, -0.2) is 9.59 Å². The number of aryl methyl sites for hydroxylation is 3. The summed E-state index contributed by atoms with van der Waals surface area (Å²) in [5, 5.41) is 12.4. The molecule has 0 aliphatic heterocycles. The molecule has 220 valence electrons. The Morgan fingerprint density at radius 2 is 1.49 bits per heavy atom. The molecule has 8 heteroatoms. The van der Waals surface area contributed by atoms with Gasteiger partial charge in [0.05, 0.1) is 13.2 Å². The van der Waals surface area contributed by atoms with Gasteiger partial charge in [-0.2, -0.15) is 0 Å². The number of carboxylic acids is 1. The zero-order valence-corrected chi connectivity index (χ0v) is 24.5. The molecule has 0 aromatic heterocycles. The van der Waals surface area contributed by atoms with Crippen LogP contribution in [0.3, 0.4) is 0 Å². The number of ether oxygens (including phenoxy) is 3. The van der Waals surface area contributed by atoms with E-state index in [0.29, 0.717) is 38.7 Å². The fourth-order valence-electron chi connectivity index (χ4n) is 4.34. The number of nitrogens with zero attached hydrogens (tertiary/aromatic N) is 1. The summed E-state index contributed by atoms with van der Waals surface area (Å²) in [6.45, 7) is 10.1. The first-order valence-electron chi connectivity index (χ1n) is 14.1. The van der Waals surface area contributed by atoms with Crippen molar-refractivity contribution >= 4 is 17.7 Å². The molecule has 0 bridgehead atoms. The predicted molar refractivity (Wildman–Crippen MR) is 161 cm³/mol. The van der Waals surface area contributed by atoms with E-state index in [1.54, 1.807) is 11.8 Å². The molecule has 0 radical (unpaired) electrons. The molecule has 8 nitrogen and oxygen atoms in total. The highest BCUT2D eigenvalue weighted by molar-refractivity contribution is 5.90. The highest BCUT2D eigenvalue weighted by Gasteiger charge is 2.18. The normalized spacial score (nSPS) is 11.5. The van der Waals surface area contributed by atoms with E-state index in [1.165, 1.54) is 5.56 Å². The van der Waals surface area contributed by atoms with Gasteiger partial charge in [0.15, 0.2) is 6.10 Å². The van der Waals surface area contributed by atoms with Gasteiger partial charge < -0.3 is 29.5 Å². The molecule has 41 heavy (non-hydrogen) atoms. The summed E-state index contributed by atoms with van der Waals surface area (Å²) in [6, 6.07) is 20.9. The summed E-state index contributed by atoms with van der Waals surface area (Å²) in [7, 11) is 0. The van der Waals surface area contributed by atoms with Crippen LogP contribution in [0, 0.1) is 20.8 Å². The predicted octanol–water partition coefficient (Wildman–Crippen LogP) is 6.42. The highest BCUT2D eigenvalue weighted by Crippen LogP contribution is 2.21. The number of unbranched alkanes of at least 4 members (excludes halogenated alkanes) is 1. The van der Waals surface area contributed by atoms with Crippen LogP contribution in [0.4, 0.5) is 10.5 Å². The van der Waals surface area contributed by atoms with Crippen LogP contribution < -0.4 is 14.8 Å². The lowest BCUT2D eigenvalue weighted by Crippen LogP contribution is -2.38. The summed E-state index contributed by atoms with van der Waals surface area (Å²) in [4.78, 5) is 26.5. The smallest absolute Gasteiger partial charge is 0.333 e. The van der Waals surface area contributed by atoms with E-state index in [2.05, 4.69) is 18.3 Å². The molecule has 1 atom stereocenters. The molecular weight excluding hydrogens is 520 g/mol. The minimum absolute atomic E-state index is 0.171. The van der Waals surface area contributed by atoms with Crippen LogP contribution in [0.5, 0.6) is 11.5 Å². The molecule has 3 aromatic rings. The second kappa shape index (κ2) is 16.3. The lowest BCUT2D eigenvalue weighted by molar-refractivity contribution is -0.149. The number of carboxylic acid groups (broad SMARTS) is 1. The van der Waals surface area contributed by atoms with Gasteiger partial charge in [0.1, 0.15) is 18.1 Å². The fourth-order valence-corrected chi connectivity index (χ4v) is 4.34. The zero-order chi connectivity index (χ0) is 29.6. The average Bonchev–Trinajstić information content (AvgIpc) is 2.95. The quantitative estimate of drug-likeness (QED) is 0.196. The van der Waals surface area contributed by atoms with E-state index < -0.39 is 12.1 Å². The Bertz CT molecular complexity index is 1250. The van der Waals surface area contributed by atoms with Gasteiger partial charge in [-0.15, -0.1) is 0 Å². The number of anilines is 1. The maximum Gasteiger partial charge on any atom is 0.333 e. The van der Waals surface area contributed by atoms with Crippen LogP contribution in [0.25, 0.3) is 0 Å². The lowest BCUT2D eigenvalue weighted by Gasteiger charge is -2.24. The van der Waals surface area contributed by atoms with Crippen molar-refractivity contribution in [3.63, 3.8) is 0 Å². The minimum atomic E-state index is -0.979. The number of benzene rings is 3. The Balaban J connectivity index is 1.56. The fraction of sp³-hybridized carbons (Fsp3) is 0.394. The maximum absolute atomic E-state index is 13.3. The molecule has 0 spiro atoms. The molecular formula is C33H42N2O6. The third-order valence-corrected chi connectivity index (χ3v) is 6.82. The molecule has 2 amide bonds. The van der Waals surface area contributed by atoms with Crippen LogP contribution in [0.15, 0.2) is 66.7 Å². The number of nitrogens with one attached hydrogen (secondary N) is 1. The zero-order valence-electron chi connectivity index (χ0n) is 24.5. The summed E-state index contributed by atoms with van der Waals surface area (Å²) >= 11 is 0. The van der Waals surface area contributed by atoms with Crippen molar-refractivity contribution in [3.05, 3.63) is 89.0 Å². The first kappa shape index (κ1) is 31.5. The Morgan fingerprint density at radius 1 is 0.829 bits per heavy atom. The van der Waals surface area contributed by atoms with Crippen molar-refractivity contribution in [1.82, 2.24) is 4.90 Å². The lowest BCUT2D eigenvalue weighted by atomic mass is 10.1. The largest absolute Gasteiger partial charge is 0.494 e. The number of carbonyl (C=O) groups is 2. The van der Waals surface area contributed by atoms with Gasteiger partial charge in [0.2, 0.25) is 0 Å². The van der Waals surface area contributed by atoms with E-state index in [4.69, 9.17) is 14.2 Å². The maximum atomic E-state index is 13.3. The van der Waals surface area contributed by atoms with E-state index in [0.717, 1.165) is 41.0 Å². The number of hydrogen-bond donors (Lipinski definition) is 2. The second-order valence-corrected chi connectivity index (χ2v) is 10.0. The molecule has 3 aromatic carbocycles. The highest BCUT2D eigenvalue weighted by atomic mass is 16.5. The number of hydrogen-bond acceptors (Lipinski definition) is 5. The van der Waals surface area contributed by atoms with Crippen LogP contribution in [-0.4, -0.2) is 61.0 Å². The third-order valence-electron chi connectivity index (χ3n) is 6.82. The van der Waals surface area contributed by atoms with E-state index in [-0.39, 0.29) is 12.5 Å². The van der Waals surface area contributed by atoms with Crippen molar-refractivity contribution in [3.8, 4) is 11.5 Å². The first-order valence-corrected chi connectivity index (χ1v) is 14.1. The Hall–Kier alpha value is -4.04. The molecule has 0 saturated carbocycles. The van der Waals surface area contributed by atoms with Gasteiger partial charge >= 0.3 is 12.0 Å². The van der Waals surface area contributed by atoms with E-state index in [1.807, 2.05) is 74.5 Å². The number of carbonyl (C=O) groups excluding carboxylic acids is 1. The van der Waals surface area contributed by atoms with E-state index >= 15 is 0 Å². The second-order valence-electron chi connectivity index (χ2n) is 10.0. The van der Waals surface area contributed by atoms with Crippen LogP contribution in [0.1, 0.15) is 42.0 Å².